The molecule has 0 saturated carbocycles. The predicted octanol–water partition coefficient (Wildman–Crippen LogP) is 3.12. The number of H-pyrrole nitrogens is 2. The molecule has 0 fully saturated rings. The summed E-state index contributed by atoms with van der Waals surface area (Å²) in [5.74, 6) is 0. The molecule has 3 rings (SSSR count). The minimum atomic E-state index is 0.802. The zero-order chi connectivity index (χ0) is 12.5. The molecule has 18 heavy (non-hydrogen) atoms. The van der Waals surface area contributed by atoms with Crippen LogP contribution in [0.2, 0.25) is 0 Å². The second kappa shape index (κ2) is 4.22. The number of benzene rings is 1. The summed E-state index contributed by atoms with van der Waals surface area (Å²) >= 11 is 0. The molecule has 3 aromatic rings. The van der Waals surface area contributed by atoms with Crippen LogP contribution in [0.4, 0.5) is 5.69 Å². The van der Waals surface area contributed by atoms with Crippen LogP contribution >= 0.6 is 0 Å². The number of rotatable bonds is 3. The first-order chi connectivity index (χ1) is 8.74. The van der Waals surface area contributed by atoms with Crippen LogP contribution in [0, 0.1) is 13.8 Å². The smallest absolute Gasteiger partial charge is 0.0825 e. The van der Waals surface area contributed by atoms with Crippen LogP contribution in [0.3, 0.4) is 0 Å². The van der Waals surface area contributed by atoms with Gasteiger partial charge in [-0.05, 0) is 36.9 Å². The molecule has 0 amide bonds. The molecule has 4 heteroatoms. The van der Waals surface area contributed by atoms with Gasteiger partial charge in [-0.25, -0.2) is 0 Å². The molecule has 1 aromatic carbocycles. The van der Waals surface area contributed by atoms with Crippen molar-refractivity contribution in [1.29, 1.82) is 0 Å². The van der Waals surface area contributed by atoms with Crippen molar-refractivity contribution in [1.82, 2.24) is 15.2 Å². The number of fused-ring (bicyclic) bond motifs is 1. The molecule has 3 N–H and O–H groups in total. The number of hydrogen-bond acceptors (Lipinski definition) is 2. The van der Waals surface area contributed by atoms with Gasteiger partial charge in [-0.2, -0.15) is 5.10 Å². The number of hydrogen-bond donors (Lipinski definition) is 3. The number of aromatic amines is 2. The van der Waals surface area contributed by atoms with Crippen molar-refractivity contribution in [2.75, 3.05) is 5.32 Å². The summed E-state index contributed by atoms with van der Waals surface area (Å²) in [6, 6.07) is 8.54. The highest BCUT2D eigenvalue weighted by Crippen LogP contribution is 2.19. The van der Waals surface area contributed by atoms with Crippen LogP contribution in [-0.4, -0.2) is 15.2 Å². The van der Waals surface area contributed by atoms with Gasteiger partial charge in [0, 0.05) is 18.3 Å². The van der Waals surface area contributed by atoms with Gasteiger partial charge < -0.3 is 10.3 Å². The first kappa shape index (κ1) is 10.9. The molecule has 92 valence electrons. The number of aromatic nitrogens is 3. The van der Waals surface area contributed by atoms with Gasteiger partial charge in [-0.1, -0.05) is 12.1 Å². The van der Waals surface area contributed by atoms with Gasteiger partial charge in [0.15, 0.2) is 0 Å². The quantitative estimate of drug-likeness (QED) is 0.658. The van der Waals surface area contributed by atoms with E-state index in [-0.39, 0.29) is 0 Å². The minimum absolute atomic E-state index is 0.802. The zero-order valence-electron chi connectivity index (χ0n) is 10.5. The summed E-state index contributed by atoms with van der Waals surface area (Å²) in [7, 11) is 0. The van der Waals surface area contributed by atoms with Crippen LogP contribution in [0.5, 0.6) is 0 Å². The lowest BCUT2D eigenvalue weighted by atomic mass is 10.1. The van der Waals surface area contributed by atoms with Gasteiger partial charge >= 0.3 is 0 Å². The second-order valence-electron chi connectivity index (χ2n) is 4.56. The monoisotopic (exact) mass is 240 g/mol. The highest BCUT2D eigenvalue weighted by atomic mass is 15.1. The molecule has 4 nitrogen and oxygen atoms in total. The van der Waals surface area contributed by atoms with Gasteiger partial charge in [0.1, 0.15) is 0 Å². The summed E-state index contributed by atoms with van der Waals surface area (Å²) in [5.41, 5.74) is 5.61. The summed E-state index contributed by atoms with van der Waals surface area (Å²) in [6.45, 7) is 4.83. The van der Waals surface area contributed by atoms with Gasteiger partial charge in [0.25, 0.3) is 0 Å². The average molecular weight is 240 g/mol. The van der Waals surface area contributed by atoms with E-state index in [2.05, 4.69) is 44.8 Å². The Morgan fingerprint density at radius 1 is 1.22 bits per heavy atom. The number of nitrogens with one attached hydrogen (secondary N) is 3. The van der Waals surface area contributed by atoms with Crippen molar-refractivity contribution >= 4 is 16.6 Å². The van der Waals surface area contributed by atoms with Gasteiger partial charge in [0.05, 0.1) is 17.1 Å². The fraction of sp³-hybridized carbons (Fsp3) is 0.214. The number of anilines is 1. The largest absolute Gasteiger partial charge is 0.378 e. The molecule has 0 aliphatic rings. The lowest BCUT2D eigenvalue weighted by Gasteiger charge is -2.06. The van der Waals surface area contributed by atoms with Crippen LogP contribution in [-0.2, 0) is 6.54 Å². The molecule has 0 spiro atoms. The van der Waals surface area contributed by atoms with E-state index in [9.17, 15) is 0 Å². The third-order valence-electron chi connectivity index (χ3n) is 3.22. The van der Waals surface area contributed by atoms with E-state index in [1.807, 2.05) is 20.0 Å². The van der Waals surface area contributed by atoms with Crippen LogP contribution in [0.1, 0.15) is 17.0 Å². The second-order valence-corrected chi connectivity index (χ2v) is 4.56. The summed E-state index contributed by atoms with van der Waals surface area (Å²) < 4.78 is 0. The van der Waals surface area contributed by atoms with Gasteiger partial charge in [-0.3, -0.25) is 5.10 Å². The molecule has 0 saturated heterocycles. The third-order valence-corrected chi connectivity index (χ3v) is 3.22. The Kier molecular flexibility index (Phi) is 2.55. The van der Waals surface area contributed by atoms with E-state index in [0.29, 0.717) is 0 Å². The van der Waals surface area contributed by atoms with Crippen LogP contribution < -0.4 is 5.32 Å². The molecule has 0 atom stereocenters. The van der Waals surface area contributed by atoms with Crippen molar-refractivity contribution < 1.29 is 0 Å². The summed E-state index contributed by atoms with van der Waals surface area (Å²) in [5, 5.41) is 11.8. The molecule has 0 aliphatic carbocycles. The lowest BCUT2D eigenvalue weighted by molar-refractivity contribution is 1.02. The number of nitrogens with zero attached hydrogens (tertiary/aromatic N) is 1. The standard InChI is InChI=1S/C14H16N4/c1-9-14(10(2)18-17-9)16-8-11-3-4-12-5-6-15-13(12)7-11/h3-7,15-16H,8H2,1-2H3,(H,17,18). The molecule has 0 unspecified atom stereocenters. The first-order valence-corrected chi connectivity index (χ1v) is 6.05. The van der Waals surface area contributed by atoms with Crippen molar-refractivity contribution in [3.05, 3.63) is 47.4 Å². The maximum absolute atomic E-state index is 4.18. The fourth-order valence-electron chi connectivity index (χ4n) is 2.21. The van der Waals surface area contributed by atoms with Gasteiger partial charge in [0.2, 0.25) is 0 Å². The van der Waals surface area contributed by atoms with Crippen molar-refractivity contribution in [3.63, 3.8) is 0 Å². The van der Waals surface area contributed by atoms with E-state index >= 15 is 0 Å². The Morgan fingerprint density at radius 3 is 2.89 bits per heavy atom. The molecule has 2 heterocycles. The van der Waals surface area contributed by atoms with Gasteiger partial charge in [-0.15, -0.1) is 0 Å². The normalized spacial score (nSPS) is 11.0. The van der Waals surface area contributed by atoms with E-state index in [1.54, 1.807) is 0 Å². The van der Waals surface area contributed by atoms with Crippen molar-refractivity contribution in [2.45, 2.75) is 20.4 Å². The van der Waals surface area contributed by atoms with E-state index in [0.717, 1.165) is 23.6 Å². The Balaban J connectivity index is 1.80. The number of aryl methyl sites for hydroxylation is 2. The zero-order valence-corrected chi connectivity index (χ0v) is 10.5. The Labute approximate surface area is 105 Å². The Hall–Kier alpha value is -2.23. The maximum Gasteiger partial charge on any atom is 0.0825 e. The SMILES string of the molecule is Cc1n[nH]c(C)c1NCc1ccc2cc[nH]c2c1. The predicted molar refractivity (Wildman–Crippen MR) is 73.7 cm³/mol. The molecule has 2 aromatic heterocycles. The molecular formula is C14H16N4. The first-order valence-electron chi connectivity index (χ1n) is 6.05. The van der Waals surface area contributed by atoms with E-state index < -0.39 is 0 Å². The maximum atomic E-state index is 4.18. The summed E-state index contributed by atoms with van der Waals surface area (Å²) in [4.78, 5) is 3.23. The fourth-order valence-corrected chi connectivity index (χ4v) is 2.21. The third kappa shape index (κ3) is 1.86. The molecular weight excluding hydrogens is 224 g/mol. The van der Waals surface area contributed by atoms with E-state index in [1.165, 1.54) is 16.5 Å². The summed E-state index contributed by atoms with van der Waals surface area (Å²) in [6.07, 6.45) is 1.96. The molecule has 0 aliphatic heterocycles. The Bertz CT molecular complexity index is 658. The highest BCUT2D eigenvalue weighted by Gasteiger charge is 2.05. The topological polar surface area (TPSA) is 56.5 Å². The van der Waals surface area contributed by atoms with E-state index in [4.69, 9.17) is 0 Å². The van der Waals surface area contributed by atoms with Crippen LogP contribution in [0.15, 0.2) is 30.5 Å². The Morgan fingerprint density at radius 2 is 2.11 bits per heavy atom. The minimum Gasteiger partial charge on any atom is -0.378 e. The molecule has 0 radical (unpaired) electrons. The van der Waals surface area contributed by atoms with Crippen LogP contribution in [0.25, 0.3) is 10.9 Å². The highest BCUT2D eigenvalue weighted by molar-refractivity contribution is 5.79. The van der Waals surface area contributed by atoms with Crippen molar-refractivity contribution in [3.8, 4) is 0 Å². The van der Waals surface area contributed by atoms with Crippen molar-refractivity contribution in [2.24, 2.45) is 0 Å². The lowest BCUT2D eigenvalue weighted by Crippen LogP contribution is -2.00. The average Bonchev–Trinajstić information content (AvgIpc) is 2.94. The molecule has 0 bridgehead atoms.